The van der Waals surface area contributed by atoms with Crippen molar-refractivity contribution in [1.82, 2.24) is 25.1 Å². The van der Waals surface area contributed by atoms with Crippen LogP contribution in [0.3, 0.4) is 0 Å². The summed E-state index contributed by atoms with van der Waals surface area (Å²) in [6, 6.07) is 3.12. The number of nitrogens with zero attached hydrogens (tertiary/aromatic N) is 4. The summed E-state index contributed by atoms with van der Waals surface area (Å²) in [5, 5.41) is 10.7. The molecule has 2 aromatic heterocycles. The van der Waals surface area contributed by atoms with Crippen LogP contribution in [0, 0.1) is 0 Å². The third-order valence-electron chi connectivity index (χ3n) is 3.15. The first kappa shape index (κ1) is 15.0. The highest BCUT2D eigenvalue weighted by Gasteiger charge is 2.16. The third-order valence-corrected chi connectivity index (χ3v) is 3.15. The lowest BCUT2D eigenvalue weighted by Gasteiger charge is -2.13. The number of anilines is 1. The molecule has 0 aliphatic carbocycles. The van der Waals surface area contributed by atoms with Gasteiger partial charge in [0.1, 0.15) is 12.1 Å². The van der Waals surface area contributed by atoms with Crippen molar-refractivity contribution >= 4 is 11.7 Å². The maximum atomic E-state index is 12.3. The number of hydrogen-bond acceptors (Lipinski definition) is 5. The average Bonchev–Trinajstić information content (AvgIpc) is 2.84. The van der Waals surface area contributed by atoms with Gasteiger partial charge in [0.15, 0.2) is 5.82 Å². The first-order chi connectivity index (χ1) is 10.0. The topological polar surface area (TPSA) is 98.7 Å². The van der Waals surface area contributed by atoms with Crippen molar-refractivity contribution in [1.29, 1.82) is 0 Å². The number of rotatable bonds is 5. The van der Waals surface area contributed by atoms with Crippen LogP contribution in [0.1, 0.15) is 48.2 Å². The smallest absolute Gasteiger partial charge is 0.252 e. The van der Waals surface area contributed by atoms with E-state index in [2.05, 4.69) is 27.4 Å². The minimum atomic E-state index is -0.242. The minimum Gasteiger partial charge on any atom is -0.384 e. The van der Waals surface area contributed by atoms with E-state index in [1.54, 1.807) is 23.0 Å². The Bertz CT molecular complexity index is 636. The number of nitrogen functional groups attached to an aromatic ring is 1. The van der Waals surface area contributed by atoms with E-state index in [9.17, 15) is 4.79 Å². The lowest BCUT2D eigenvalue weighted by molar-refractivity contribution is 0.0937. The fourth-order valence-corrected chi connectivity index (χ4v) is 2.15. The molecule has 112 valence electrons. The van der Waals surface area contributed by atoms with Crippen LogP contribution in [-0.4, -0.2) is 25.7 Å². The number of nitrogens with two attached hydrogens (primary N) is 1. The number of aromatic nitrogens is 4. The highest BCUT2D eigenvalue weighted by Crippen LogP contribution is 2.12. The van der Waals surface area contributed by atoms with Crippen LogP contribution in [0.5, 0.6) is 0 Å². The van der Waals surface area contributed by atoms with Gasteiger partial charge in [-0.15, -0.1) is 10.2 Å². The molecule has 21 heavy (non-hydrogen) atoms. The standard InChI is InChI=1S/C14H20N6O/c1-4-5-11-6-10(7-12(15)18-11)14(21)17-9(2)13-19-16-8-20(13)3/h6-9H,4-5H2,1-3H3,(H2,15,18)(H,17,21). The highest BCUT2D eigenvalue weighted by atomic mass is 16.1. The molecule has 7 nitrogen and oxygen atoms in total. The van der Waals surface area contributed by atoms with E-state index in [-0.39, 0.29) is 11.9 Å². The Hall–Kier alpha value is -2.44. The van der Waals surface area contributed by atoms with Crippen LogP contribution in [0.2, 0.25) is 0 Å². The van der Waals surface area contributed by atoms with E-state index in [0.717, 1.165) is 18.5 Å². The van der Waals surface area contributed by atoms with Gasteiger partial charge in [-0.1, -0.05) is 13.3 Å². The molecule has 1 unspecified atom stereocenters. The predicted octanol–water partition coefficient (Wildman–Crippen LogP) is 1.24. The summed E-state index contributed by atoms with van der Waals surface area (Å²) in [5.41, 5.74) is 7.10. The van der Waals surface area contributed by atoms with Gasteiger partial charge >= 0.3 is 0 Å². The van der Waals surface area contributed by atoms with Gasteiger partial charge in [0, 0.05) is 18.3 Å². The van der Waals surface area contributed by atoms with Gasteiger partial charge < -0.3 is 15.6 Å². The number of carbonyl (C=O) groups is 1. The van der Waals surface area contributed by atoms with Crippen LogP contribution >= 0.6 is 0 Å². The first-order valence-corrected chi connectivity index (χ1v) is 6.92. The molecule has 1 atom stereocenters. The van der Waals surface area contributed by atoms with Crippen molar-refractivity contribution in [2.45, 2.75) is 32.7 Å². The number of nitrogens with one attached hydrogen (secondary N) is 1. The largest absolute Gasteiger partial charge is 0.384 e. The molecule has 3 N–H and O–H groups in total. The van der Waals surface area contributed by atoms with E-state index in [4.69, 9.17) is 5.73 Å². The molecule has 0 saturated carbocycles. The second-order valence-electron chi connectivity index (χ2n) is 5.02. The van der Waals surface area contributed by atoms with Crippen molar-refractivity contribution in [2.24, 2.45) is 7.05 Å². The number of aryl methyl sites for hydroxylation is 2. The summed E-state index contributed by atoms with van der Waals surface area (Å²) in [6.45, 7) is 3.92. The van der Waals surface area contributed by atoms with Crippen LogP contribution < -0.4 is 11.1 Å². The summed E-state index contributed by atoms with van der Waals surface area (Å²) < 4.78 is 1.77. The van der Waals surface area contributed by atoms with E-state index >= 15 is 0 Å². The second-order valence-corrected chi connectivity index (χ2v) is 5.02. The lowest BCUT2D eigenvalue weighted by atomic mass is 10.1. The zero-order valence-corrected chi connectivity index (χ0v) is 12.5. The Labute approximate surface area is 123 Å². The molecule has 0 aromatic carbocycles. The number of carbonyl (C=O) groups excluding carboxylic acids is 1. The Morgan fingerprint density at radius 1 is 1.48 bits per heavy atom. The molecular formula is C14H20N6O. The molecule has 0 aliphatic rings. The summed E-state index contributed by atoms with van der Waals surface area (Å²) in [7, 11) is 1.84. The van der Waals surface area contributed by atoms with E-state index in [1.807, 2.05) is 14.0 Å². The predicted molar refractivity (Wildman–Crippen MR) is 79.5 cm³/mol. The van der Waals surface area contributed by atoms with Crippen LogP contribution in [0.15, 0.2) is 18.5 Å². The number of amides is 1. The SMILES string of the molecule is CCCc1cc(C(=O)NC(C)c2nncn2C)cc(N)n1. The normalized spacial score (nSPS) is 12.1. The zero-order chi connectivity index (χ0) is 15.4. The molecule has 0 spiro atoms. The van der Waals surface area contributed by atoms with Crippen molar-refractivity contribution in [3.8, 4) is 0 Å². The molecule has 1 amide bonds. The number of pyridine rings is 1. The molecular weight excluding hydrogens is 268 g/mol. The van der Waals surface area contributed by atoms with Crippen molar-refractivity contribution in [2.75, 3.05) is 5.73 Å². The van der Waals surface area contributed by atoms with Gasteiger partial charge in [-0.2, -0.15) is 0 Å². The first-order valence-electron chi connectivity index (χ1n) is 6.92. The average molecular weight is 288 g/mol. The minimum absolute atomic E-state index is 0.197. The molecule has 0 fully saturated rings. The van der Waals surface area contributed by atoms with E-state index in [0.29, 0.717) is 17.2 Å². The van der Waals surface area contributed by atoms with E-state index in [1.165, 1.54) is 0 Å². The molecule has 0 radical (unpaired) electrons. The molecule has 0 aliphatic heterocycles. The van der Waals surface area contributed by atoms with Crippen LogP contribution in [0.25, 0.3) is 0 Å². The van der Waals surface area contributed by atoms with Crippen molar-refractivity contribution in [3.05, 3.63) is 35.5 Å². The van der Waals surface area contributed by atoms with Gasteiger partial charge in [0.25, 0.3) is 5.91 Å². The Kier molecular flexibility index (Phi) is 4.52. The highest BCUT2D eigenvalue weighted by molar-refractivity contribution is 5.95. The molecule has 7 heteroatoms. The molecule has 2 rings (SSSR count). The maximum Gasteiger partial charge on any atom is 0.252 e. The third kappa shape index (κ3) is 3.56. The maximum absolute atomic E-state index is 12.3. The second kappa shape index (κ2) is 6.34. The summed E-state index contributed by atoms with van der Waals surface area (Å²) in [6.07, 6.45) is 3.35. The molecule has 2 heterocycles. The fourth-order valence-electron chi connectivity index (χ4n) is 2.15. The van der Waals surface area contributed by atoms with E-state index < -0.39 is 0 Å². The van der Waals surface area contributed by atoms with Gasteiger partial charge in [0.05, 0.1) is 6.04 Å². The Morgan fingerprint density at radius 2 is 2.24 bits per heavy atom. The Balaban J connectivity index is 2.15. The Morgan fingerprint density at radius 3 is 2.86 bits per heavy atom. The quantitative estimate of drug-likeness (QED) is 0.862. The van der Waals surface area contributed by atoms with Crippen LogP contribution in [-0.2, 0) is 13.5 Å². The van der Waals surface area contributed by atoms with Gasteiger partial charge in [0.2, 0.25) is 0 Å². The molecule has 0 bridgehead atoms. The number of hydrogen-bond donors (Lipinski definition) is 2. The lowest BCUT2D eigenvalue weighted by Crippen LogP contribution is -2.28. The van der Waals surface area contributed by atoms with Gasteiger partial charge in [-0.05, 0) is 25.5 Å². The zero-order valence-electron chi connectivity index (χ0n) is 12.5. The molecule has 0 saturated heterocycles. The fraction of sp³-hybridized carbons (Fsp3) is 0.429. The van der Waals surface area contributed by atoms with Gasteiger partial charge in [-0.3, -0.25) is 4.79 Å². The summed E-state index contributed by atoms with van der Waals surface area (Å²) in [4.78, 5) is 16.5. The summed E-state index contributed by atoms with van der Waals surface area (Å²) in [5.74, 6) is 0.855. The summed E-state index contributed by atoms with van der Waals surface area (Å²) >= 11 is 0. The van der Waals surface area contributed by atoms with Crippen molar-refractivity contribution in [3.63, 3.8) is 0 Å². The molecule has 2 aromatic rings. The van der Waals surface area contributed by atoms with Gasteiger partial charge in [-0.25, -0.2) is 4.98 Å². The van der Waals surface area contributed by atoms with Crippen molar-refractivity contribution < 1.29 is 4.79 Å². The monoisotopic (exact) mass is 288 g/mol. The van der Waals surface area contributed by atoms with Crippen LogP contribution in [0.4, 0.5) is 5.82 Å².